The third kappa shape index (κ3) is 5.20. The summed E-state index contributed by atoms with van der Waals surface area (Å²) in [4.78, 5) is 11.9. The Bertz CT molecular complexity index is 742. The van der Waals surface area contributed by atoms with E-state index in [9.17, 15) is 4.79 Å². The number of nitrogens with one attached hydrogen (secondary N) is 1. The van der Waals surface area contributed by atoms with Crippen molar-refractivity contribution in [1.29, 1.82) is 0 Å². The molecule has 0 saturated heterocycles. The molecule has 0 bridgehead atoms. The molecule has 0 aliphatic rings. The zero-order valence-electron chi connectivity index (χ0n) is 12.5. The Kier molecular flexibility index (Phi) is 5.83. The van der Waals surface area contributed by atoms with Crippen LogP contribution in [0.5, 0.6) is 5.75 Å². The number of nitrogens with two attached hydrogens (primary N) is 1. The van der Waals surface area contributed by atoms with Crippen LogP contribution in [0.15, 0.2) is 61.2 Å². The van der Waals surface area contributed by atoms with Crippen molar-refractivity contribution in [3.8, 4) is 5.75 Å². The molecule has 0 radical (unpaired) electrons. The van der Waals surface area contributed by atoms with Crippen LogP contribution in [0, 0.1) is 0 Å². The van der Waals surface area contributed by atoms with Crippen molar-refractivity contribution < 1.29 is 9.53 Å². The second kappa shape index (κ2) is 8.06. The molecule has 23 heavy (non-hydrogen) atoms. The lowest BCUT2D eigenvalue weighted by atomic mass is 10.1. The van der Waals surface area contributed by atoms with Crippen LogP contribution in [0.3, 0.4) is 0 Å². The Balaban J connectivity index is 2.00. The molecule has 0 aliphatic carbocycles. The maximum Gasteiger partial charge on any atom is 0.248 e. The molecule has 0 aromatic heterocycles. The molecule has 3 N–H and O–H groups in total. The maximum absolute atomic E-state index is 11.9. The van der Waals surface area contributed by atoms with Gasteiger partial charge in [-0.3, -0.25) is 4.79 Å². The van der Waals surface area contributed by atoms with Gasteiger partial charge in [0.25, 0.3) is 0 Å². The first-order valence-electron chi connectivity index (χ1n) is 6.96. The number of hydrogen-bond acceptors (Lipinski definition) is 3. The van der Waals surface area contributed by atoms with Crippen molar-refractivity contribution in [1.82, 2.24) is 0 Å². The van der Waals surface area contributed by atoms with Gasteiger partial charge < -0.3 is 15.8 Å². The predicted molar refractivity (Wildman–Crippen MR) is 95.7 cm³/mol. The maximum atomic E-state index is 11.9. The van der Waals surface area contributed by atoms with Crippen LogP contribution < -0.4 is 15.8 Å². The topological polar surface area (TPSA) is 64.3 Å². The van der Waals surface area contributed by atoms with Crippen molar-refractivity contribution >= 4 is 35.0 Å². The molecule has 0 saturated carbocycles. The van der Waals surface area contributed by atoms with Gasteiger partial charge in [0.15, 0.2) is 0 Å². The first-order chi connectivity index (χ1) is 11.1. The van der Waals surface area contributed by atoms with Crippen molar-refractivity contribution in [2.45, 2.75) is 0 Å². The number of benzene rings is 2. The van der Waals surface area contributed by atoms with Gasteiger partial charge in [0.1, 0.15) is 12.4 Å². The van der Waals surface area contributed by atoms with Gasteiger partial charge in [-0.1, -0.05) is 36.4 Å². The number of rotatable bonds is 6. The van der Waals surface area contributed by atoms with E-state index in [1.165, 1.54) is 6.08 Å². The molecule has 0 fully saturated rings. The first-order valence-corrected chi connectivity index (χ1v) is 7.34. The Morgan fingerprint density at radius 3 is 2.83 bits per heavy atom. The molecular formula is C18H17ClN2O2. The molecule has 0 heterocycles. The standard InChI is InChI=1S/C18H17ClN2O2/c1-2-10-23-17-8-6-13(11-16(17)20)7-9-18(22)21-15-5-3-4-14(19)12-15/h2-9,11-12H,1,10,20H2,(H,21,22)/b9-7-. The highest BCUT2D eigenvalue weighted by Crippen LogP contribution is 2.23. The number of hydrogen-bond donors (Lipinski definition) is 2. The summed E-state index contributed by atoms with van der Waals surface area (Å²) in [7, 11) is 0. The number of halogens is 1. The van der Waals surface area contributed by atoms with E-state index >= 15 is 0 Å². The average molecular weight is 329 g/mol. The van der Waals surface area contributed by atoms with E-state index in [0.717, 1.165) is 5.56 Å². The van der Waals surface area contributed by atoms with E-state index in [1.54, 1.807) is 48.6 Å². The van der Waals surface area contributed by atoms with Crippen LogP contribution in [0.1, 0.15) is 5.56 Å². The van der Waals surface area contributed by atoms with Gasteiger partial charge in [-0.2, -0.15) is 0 Å². The van der Waals surface area contributed by atoms with Gasteiger partial charge in [-0.05, 0) is 42.0 Å². The van der Waals surface area contributed by atoms with E-state index < -0.39 is 0 Å². The van der Waals surface area contributed by atoms with Crippen LogP contribution >= 0.6 is 11.6 Å². The van der Waals surface area contributed by atoms with Crippen molar-refractivity contribution in [2.75, 3.05) is 17.7 Å². The molecule has 4 nitrogen and oxygen atoms in total. The lowest BCUT2D eigenvalue weighted by molar-refractivity contribution is -0.111. The van der Waals surface area contributed by atoms with Crippen LogP contribution in [-0.2, 0) is 4.79 Å². The van der Waals surface area contributed by atoms with Gasteiger partial charge >= 0.3 is 0 Å². The molecule has 1 amide bonds. The summed E-state index contributed by atoms with van der Waals surface area (Å²) in [6, 6.07) is 12.3. The SMILES string of the molecule is C=CCOc1ccc(/C=C\C(=O)Nc2cccc(Cl)c2)cc1N. The van der Waals surface area contributed by atoms with E-state index in [4.69, 9.17) is 22.1 Å². The number of ether oxygens (including phenoxy) is 1. The minimum absolute atomic E-state index is 0.252. The van der Waals surface area contributed by atoms with Gasteiger partial charge in [0.05, 0.1) is 5.69 Å². The molecule has 0 aliphatic heterocycles. The highest BCUT2D eigenvalue weighted by atomic mass is 35.5. The minimum Gasteiger partial charge on any atom is -0.487 e. The molecule has 0 spiro atoms. The highest BCUT2D eigenvalue weighted by molar-refractivity contribution is 6.30. The van der Waals surface area contributed by atoms with Gasteiger partial charge in [0.2, 0.25) is 5.91 Å². The van der Waals surface area contributed by atoms with E-state index in [-0.39, 0.29) is 5.91 Å². The Labute approximate surface area is 140 Å². The summed E-state index contributed by atoms with van der Waals surface area (Å²) < 4.78 is 5.40. The highest BCUT2D eigenvalue weighted by Gasteiger charge is 2.01. The van der Waals surface area contributed by atoms with Crippen LogP contribution in [-0.4, -0.2) is 12.5 Å². The summed E-state index contributed by atoms with van der Waals surface area (Å²) in [6.07, 6.45) is 4.75. The minimum atomic E-state index is -0.252. The fourth-order valence-electron chi connectivity index (χ4n) is 1.87. The fourth-order valence-corrected chi connectivity index (χ4v) is 2.06. The number of carbonyl (C=O) groups excluding carboxylic acids is 1. The number of amides is 1. The van der Waals surface area contributed by atoms with E-state index in [2.05, 4.69) is 11.9 Å². The molecule has 118 valence electrons. The summed E-state index contributed by atoms with van der Waals surface area (Å²) in [5, 5.41) is 3.29. The summed E-state index contributed by atoms with van der Waals surface area (Å²) >= 11 is 5.87. The number of carbonyl (C=O) groups is 1. The molecule has 2 aromatic rings. The summed E-state index contributed by atoms with van der Waals surface area (Å²) in [5.74, 6) is 0.336. The number of anilines is 2. The monoisotopic (exact) mass is 328 g/mol. The normalized spacial score (nSPS) is 10.5. The Morgan fingerprint density at radius 1 is 1.30 bits per heavy atom. The average Bonchev–Trinajstić information content (AvgIpc) is 2.52. The zero-order valence-corrected chi connectivity index (χ0v) is 13.2. The lowest BCUT2D eigenvalue weighted by Gasteiger charge is -2.07. The van der Waals surface area contributed by atoms with Gasteiger partial charge in [-0.25, -0.2) is 0 Å². The Hall–Kier alpha value is -2.72. The third-order valence-corrected chi connectivity index (χ3v) is 3.14. The quantitative estimate of drug-likeness (QED) is 0.476. The van der Waals surface area contributed by atoms with Crippen molar-refractivity contribution in [2.24, 2.45) is 0 Å². The third-order valence-electron chi connectivity index (χ3n) is 2.91. The number of nitrogen functional groups attached to an aromatic ring is 1. The summed E-state index contributed by atoms with van der Waals surface area (Å²) in [6.45, 7) is 3.97. The first kappa shape index (κ1) is 16.6. The second-order valence-corrected chi connectivity index (χ2v) is 5.17. The zero-order chi connectivity index (χ0) is 16.7. The lowest BCUT2D eigenvalue weighted by Crippen LogP contribution is -2.07. The molecular weight excluding hydrogens is 312 g/mol. The van der Waals surface area contributed by atoms with Gasteiger partial charge in [0, 0.05) is 16.8 Å². The van der Waals surface area contributed by atoms with E-state index in [0.29, 0.717) is 28.8 Å². The molecule has 0 unspecified atom stereocenters. The van der Waals surface area contributed by atoms with E-state index in [1.807, 2.05) is 6.07 Å². The Morgan fingerprint density at radius 2 is 2.13 bits per heavy atom. The smallest absolute Gasteiger partial charge is 0.248 e. The van der Waals surface area contributed by atoms with Gasteiger partial charge in [-0.15, -0.1) is 0 Å². The molecule has 5 heteroatoms. The van der Waals surface area contributed by atoms with Crippen LogP contribution in [0.25, 0.3) is 6.08 Å². The largest absolute Gasteiger partial charge is 0.487 e. The summed E-state index contributed by atoms with van der Waals surface area (Å²) in [5.41, 5.74) is 7.84. The molecule has 0 atom stereocenters. The molecule has 2 aromatic carbocycles. The molecule has 2 rings (SSSR count). The predicted octanol–water partition coefficient (Wildman–Crippen LogP) is 4.14. The van der Waals surface area contributed by atoms with Crippen LogP contribution in [0.4, 0.5) is 11.4 Å². The second-order valence-electron chi connectivity index (χ2n) is 4.73. The fraction of sp³-hybridized carbons (Fsp3) is 0.0556. The van der Waals surface area contributed by atoms with Crippen molar-refractivity contribution in [3.63, 3.8) is 0 Å². The van der Waals surface area contributed by atoms with Crippen LogP contribution in [0.2, 0.25) is 5.02 Å². The van der Waals surface area contributed by atoms with Crippen molar-refractivity contribution in [3.05, 3.63) is 71.8 Å².